The Bertz CT molecular complexity index is 196. The van der Waals surface area contributed by atoms with Gasteiger partial charge < -0.3 is 10.1 Å². The molecular weight excluding hydrogens is 222 g/mol. The standard InChI is InChI=1S/C16H35NO/c1-8-9-17-15(12-18-16(5,6)7)11-14(4)10-13(2)3/h13-15,17H,8-12H2,1-7H3. The van der Waals surface area contributed by atoms with E-state index < -0.39 is 0 Å². The molecule has 2 atom stereocenters. The summed E-state index contributed by atoms with van der Waals surface area (Å²) >= 11 is 0. The average molecular weight is 257 g/mol. The van der Waals surface area contributed by atoms with Crippen molar-refractivity contribution in [3.8, 4) is 0 Å². The Balaban J connectivity index is 4.13. The fourth-order valence-corrected chi connectivity index (χ4v) is 2.30. The summed E-state index contributed by atoms with van der Waals surface area (Å²) in [6.07, 6.45) is 3.71. The molecule has 1 N–H and O–H groups in total. The van der Waals surface area contributed by atoms with E-state index in [1.165, 1.54) is 19.3 Å². The SMILES string of the molecule is CCCNC(COC(C)(C)C)CC(C)CC(C)C. The zero-order valence-corrected chi connectivity index (χ0v) is 13.7. The van der Waals surface area contributed by atoms with Crippen molar-refractivity contribution >= 4 is 0 Å². The van der Waals surface area contributed by atoms with Gasteiger partial charge in [0, 0.05) is 6.04 Å². The normalized spacial score (nSPS) is 16.0. The monoisotopic (exact) mass is 257 g/mol. The van der Waals surface area contributed by atoms with Crippen LogP contribution >= 0.6 is 0 Å². The quantitative estimate of drug-likeness (QED) is 0.667. The van der Waals surface area contributed by atoms with Crippen LogP contribution in [0.25, 0.3) is 0 Å². The summed E-state index contributed by atoms with van der Waals surface area (Å²) in [4.78, 5) is 0. The smallest absolute Gasteiger partial charge is 0.0626 e. The van der Waals surface area contributed by atoms with E-state index in [1.807, 2.05) is 0 Å². The second kappa shape index (κ2) is 8.92. The minimum Gasteiger partial charge on any atom is -0.374 e. The summed E-state index contributed by atoms with van der Waals surface area (Å²) in [6.45, 7) is 17.5. The van der Waals surface area contributed by atoms with Crippen LogP contribution in [-0.4, -0.2) is 24.8 Å². The molecule has 2 heteroatoms. The van der Waals surface area contributed by atoms with Gasteiger partial charge in [0.25, 0.3) is 0 Å². The summed E-state index contributed by atoms with van der Waals surface area (Å²) in [7, 11) is 0. The van der Waals surface area contributed by atoms with Gasteiger partial charge in [0.15, 0.2) is 0 Å². The number of hydrogen-bond acceptors (Lipinski definition) is 2. The van der Waals surface area contributed by atoms with E-state index in [1.54, 1.807) is 0 Å². The van der Waals surface area contributed by atoms with Crippen LogP contribution in [0.1, 0.15) is 67.7 Å². The Hall–Kier alpha value is -0.0800. The lowest BCUT2D eigenvalue weighted by molar-refractivity contribution is -0.0173. The second-order valence-electron chi connectivity index (χ2n) is 7.04. The first-order valence-corrected chi connectivity index (χ1v) is 7.62. The molecule has 18 heavy (non-hydrogen) atoms. The molecule has 0 aliphatic rings. The maximum absolute atomic E-state index is 5.93. The van der Waals surface area contributed by atoms with Gasteiger partial charge in [-0.25, -0.2) is 0 Å². The van der Waals surface area contributed by atoms with Crippen molar-refractivity contribution < 1.29 is 4.74 Å². The van der Waals surface area contributed by atoms with Crippen molar-refractivity contribution in [2.75, 3.05) is 13.2 Å². The van der Waals surface area contributed by atoms with Crippen LogP contribution in [0.4, 0.5) is 0 Å². The summed E-state index contributed by atoms with van der Waals surface area (Å²) in [5, 5.41) is 3.62. The first-order valence-electron chi connectivity index (χ1n) is 7.62. The third-order valence-electron chi connectivity index (χ3n) is 2.96. The molecule has 0 aliphatic heterocycles. The van der Waals surface area contributed by atoms with Crippen molar-refractivity contribution in [3.05, 3.63) is 0 Å². The summed E-state index contributed by atoms with van der Waals surface area (Å²) < 4.78 is 5.93. The molecule has 0 saturated carbocycles. The van der Waals surface area contributed by atoms with E-state index in [0.29, 0.717) is 6.04 Å². The highest BCUT2D eigenvalue weighted by Gasteiger charge is 2.17. The number of rotatable bonds is 9. The number of ether oxygens (including phenoxy) is 1. The first kappa shape index (κ1) is 17.9. The highest BCUT2D eigenvalue weighted by Crippen LogP contribution is 2.18. The van der Waals surface area contributed by atoms with Crippen LogP contribution in [0, 0.1) is 11.8 Å². The molecule has 0 heterocycles. The lowest BCUT2D eigenvalue weighted by Gasteiger charge is -2.27. The fourth-order valence-electron chi connectivity index (χ4n) is 2.30. The zero-order chi connectivity index (χ0) is 14.2. The maximum atomic E-state index is 5.93. The van der Waals surface area contributed by atoms with Crippen molar-refractivity contribution in [1.29, 1.82) is 0 Å². The van der Waals surface area contributed by atoms with Crippen LogP contribution in [0.15, 0.2) is 0 Å². The van der Waals surface area contributed by atoms with E-state index in [-0.39, 0.29) is 5.60 Å². The molecule has 0 fully saturated rings. The van der Waals surface area contributed by atoms with Crippen molar-refractivity contribution in [2.24, 2.45) is 11.8 Å². The average Bonchev–Trinajstić information content (AvgIpc) is 2.19. The summed E-state index contributed by atoms with van der Waals surface area (Å²) in [6, 6.07) is 0.498. The molecule has 0 rings (SSSR count). The van der Waals surface area contributed by atoms with Gasteiger partial charge in [-0.3, -0.25) is 0 Å². The molecule has 0 aromatic carbocycles. The predicted octanol–water partition coefficient (Wildman–Crippen LogP) is 4.24. The Morgan fingerprint density at radius 3 is 2.11 bits per heavy atom. The Labute approximate surface area is 115 Å². The van der Waals surface area contributed by atoms with Gasteiger partial charge in [-0.2, -0.15) is 0 Å². The Morgan fingerprint density at radius 2 is 1.67 bits per heavy atom. The van der Waals surface area contributed by atoms with Crippen LogP contribution in [0.5, 0.6) is 0 Å². The maximum Gasteiger partial charge on any atom is 0.0626 e. The summed E-state index contributed by atoms with van der Waals surface area (Å²) in [5.41, 5.74) is -0.0343. The molecule has 0 bridgehead atoms. The highest BCUT2D eigenvalue weighted by atomic mass is 16.5. The van der Waals surface area contributed by atoms with E-state index in [2.05, 4.69) is 53.8 Å². The van der Waals surface area contributed by atoms with E-state index in [9.17, 15) is 0 Å². The second-order valence-corrected chi connectivity index (χ2v) is 7.04. The van der Waals surface area contributed by atoms with Crippen molar-refractivity contribution in [2.45, 2.75) is 79.4 Å². The van der Waals surface area contributed by atoms with Crippen LogP contribution in [0.3, 0.4) is 0 Å². The molecule has 0 aliphatic carbocycles. The van der Waals surface area contributed by atoms with Gasteiger partial charge >= 0.3 is 0 Å². The summed E-state index contributed by atoms with van der Waals surface area (Å²) in [5.74, 6) is 1.55. The molecular formula is C16H35NO. The lowest BCUT2D eigenvalue weighted by Crippen LogP contribution is -2.38. The highest BCUT2D eigenvalue weighted by molar-refractivity contribution is 4.72. The van der Waals surface area contributed by atoms with Crippen LogP contribution in [0.2, 0.25) is 0 Å². The molecule has 110 valence electrons. The van der Waals surface area contributed by atoms with Gasteiger partial charge in [-0.1, -0.05) is 27.7 Å². The molecule has 2 unspecified atom stereocenters. The molecule has 0 radical (unpaired) electrons. The molecule has 0 aromatic rings. The Morgan fingerprint density at radius 1 is 1.06 bits per heavy atom. The number of hydrogen-bond donors (Lipinski definition) is 1. The molecule has 0 aromatic heterocycles. The number of nitrogens with one attached hydrogen (secondary N) is 1. The van der Waals surface area contributed by atoms with Crippen LogP contribution in [-0.2, 0) is 4.74 Å². The van der Waals surface area contributed by atoms with Gasteiger partial charge in [-0.05, 0) is 58.4 Å². The zero-order valence-electron chi connectivity index (χ0n) is 13.7. The van der Waals surface area contributed by atoms with Gasteiger partial charge in [-0.15, -0.1) is 0 Å². The molecule has 0 saturated heterocycles. The minimum atomic E-state index is -0.0343. The van der Waals surface area contributed by atoms with E-state index in [0.717, 1.165) is 25.0 Å². The topological polar surface area (TPSA) is 21.3 Å². The fraction of sp³-hybridized carbons (Fsp3) is 1.00. The van der Waals surface area contributed by atoms with Gasteiger partial charge in [0.2, 0.25) is 0 Å². The third kappa shape index (κ3) is 11.0. The van der Waals surface area contributed by atoms with Crippen molar-refractivity contribution in [3.63, 3.8) is 0 Å². The predicted molar refractivity (Wildman–Crippen MR) is 81.0 cm³/mol. The largest absolute Gasteiger partial charge is 0.374 e. The van der Waals surface area contributed by atoms with Gasteiger partial charge in [0.05, 0.1) is 12.2 Å². The minimum absolute atomic E-state index is 0.0343. The molecule has 2 nitrogen and oxygen atoms in total. The third-order valence-corrected chi connectivity index (χ3v) is 2.96. The Kier molecular flexibility index (Phi) is 8.89. The van der Waals surface area contributed by atoms with E-state index in [4.69, 9.17) is 4.74 Å². The van der Waals surface area contributed by atoms with Crippen LogP contribution < -0.4 is 5.32 Å². The first-order chi connectivity index (χ1) is 8.24. The van der Waals surface area contributed by atoms with E-state index >= 15 is 0 Å². The lowest BCUT2D eigenvalue weighted by atomic mass is 9.93. The van der Waals surface area contributed by atoms with Crippen molar-refractivity contribution in [1.82, 2.24) is 5.32 Å². The molecule has 0 spiro atoms. The van der Waals surface area contributed by atoms with Gasteiger partial charge in [0.1, 0.15) is 0 Å². The molecule has 0 amide bonds.